The Kier molecular flexibility index (Phi) is 3.50. The maximum Gasteiger partial charge on any atom is 0.309 e. The van der Waals surface area contributed by atoms with Crippen LogP contribution in [0.1, 0.15) is 19.4 Å². The Bertz CT molecular complexity index is 388. The normalized spacial score (nSPS) is 11.5. The lowest BCUT2D eigenvalue weighted by molar-refractivity contribution is -0.146. The number of benzene rings is 1. The van der Waals surface area contributed by atoms with Gasteiger partial charge in [-0.2, -0.15) is 0 Å². The Morgan fingerprint density at radius 3 is 2.67 bits per heavy atom. The molecule has 82 valence electrons. The molecule has 0 aliphatic rings. The number of carbonyl (C=O) groups is 1. The van der Waals surface area contributed by atoms with Gasteiger partial charge in [-0.15, -0.1) is 0 Å². The van der Waals surface area contributed by atoms with Gasteiger partial charge in [-0.25, -0.2) is 4.39 Å². The summed E-state index contributed by atoms with van der Waals surface area (Å²) in [5.41, 5.74) is -0.224. The Labute approximate surface area is 96.2 Å². The SMILES string of the molecule is CC(C)(Cc1cc(F)ccc1Br)C(=O)O. The molecule has 1 aromatic carbocycles. The molecule has 0 aromatic heterocycles. The first-order chi connectivity index (χ1) is 6.83. The molecule has 0 saturated carbocycles. The largest absolute Gasteiger partial charge is 0.481 e. The summed E-state index contributed by atoms with van der Waals surface area (Å²) in [4.78, 5) is 10.9. The van der Waals surface area contributed by atoms with Crippen molar-refractivity contribution in [3.05, 3.63) is 34.1 Å². The van der Waals surface area contributed by atoms with Crippen molar-refractivity contribution in [1.29, 1.82) is 0 Å². The molecule has 1 aromatic rings. The van der Waals surface area contributed by atoms with E-state index >= 15 is 0 Å². The van der Waals surface area contributed by atoms with E-state index in [0.29, 0.717) is 12.0 Å². The summed E-state index contributed by atoms with van der Waals surface area (Å²) in [6.07, 6.45) is 0.292. The highest BCUT2D eigenvalue weighted by molar-refractivity contribution is 9.10. The Hall–Kier alpha value is -0.900. The van der Waals surface area contributed by atoms with Gasteiger partial charge in [0.2, 0.25) is 0 Å². The lowest BCUT2D eigenvalue weighted by Gasteiger charge is -2.19. The van der Waals surface area contributed by atoms with Gasteiger partial charge in [0.25, 0.3) is 0 Å². The highest BCUT2D eigenvalue weighted by Crippen LogP contribution is 2.27. The number of hydrogen-bond acceptors (Lipinski definition) is 1. The Morgan fingerprint density at radius 2 is 2.13 bits per heavy atom. The molecule has 0 heterocycles. The molecule has 4 heteroatoms. The van der Waals surface area contributed by atoms with E-state index in [2.05, 4.69) is 15.9 Å². The van der Waals surface area contributed by atoms with Crippen LogP contribution in [0.4, 0.5) is 4.39 Å². The zero-order chi connectivity index (χ0) is 11.6. The maximum atomic E-state index is 13.0. The molecular formula is C11H12BrFO2. The lowest BCUT2D eigenvalue weighted by atomic mass is 9.86. The lowest BCUT2D eigenvalue weighted by Crippen LogP contribution is -2.26. The van der Waals surface area contributed by atoms with E-state index < -0.39 is 11.4 Å². The van der Waals surface area contributed by atoms with Crippen LogP contribution in [0.3, 0.4) is 0 Å². The van der Waals surface area contributed by atoms with Crippen LogP contribution in [0.25, 0.3) is 0 Å². The van der Waals surface area contributed by atoms with Crippen LogP contribution < -0.4 is 0 Å². The molecule has 0 spiro atoms. The van der Waals surface area contributed by atoms with Crippen molar-refractivity contribution in [3.8, 4) is 0 Å². The molecule has 0 saturated heterocycles. The Balaban J connectivity index is 2.99. The minimum absolute atomic E-state index is 0.292. The van der Waals surface area contributed by atoms with Gasteiger partial charge in [-0.1, -0.05) is 15.9 Å². The van der Waals surface area contributed by atoms with E-state index in [0.717, 1.165) is 4.47 Å². The summed E-state index contributed by atoms with van der Waals surface area (Å²) >= 11 is 3.27. The fourth-order valence-electron chi connectivity index (χ4n) is 1.23. The second-order valence-electron chi connectivity index (χ2n) is 4.10. The highest BCUT2D eigenvalue weighted by Gasteiger charge is 2.28. The average Bonchev–Trinajstić information content (AvgIpc) is 2.10. The number of halogens is 2. The zero-order valence-corrected chi connectivity index (χ0v) is 10.1. The van der Waals surface area contributed by atoms with Crippen molar-refractivity contribution in [2.45, 2.75) is 20.3 Å². The van der Waals surface area contributed by atoms with Crippen molar-refractivity contribution in [2.75, 3.05) is 0 Å². The van der Waals surface area contributed by atoms with Crippen LogP contribution in [0.15, 0.2) is 22.7 Å². The van der Waals surface area contributed by atoms with Gasteiger partial charge in [0.05, 0.1) is 5.41 Å². The average molecular weight is 275 g/mol. The molecule has 0 unspecified atom stereocenters. The second kappa shape index (κ2) is 4.31. The number of carboxylic acids is 1. The van der Waals surface area contributed by atoms with Crippen LogP contribution in [-0.2, 0) is 11.2 Å². The summed E-state index contributed by atoms with van der Waals surface area (Å²) in [5.74, 6) is -1.24. The van der Waals surface area contributed by atoms with Gasteiger partial charge in [-0.3, -0.25) is 4.79 Å². The molecular weight excluding hydrogens is 263 g/mol. The first-order valence-electron chi connectivity index (χ1n) is 4.50. The minimum atomic E-state index is -0.893. The van der Waals surface area contributed by atoms with Crippen LogP contribution >= 0.6 is 15.9 Å². The van der Waals surface area contributed by atoms with E-state index in [4.69, 9.17) is 5.11 Å². The summed E-state index contributed by atoms with van der Waals surface area (Å²) in [5, 5.41) is 8.95. The van der Waals surface area contributed by atoms with Crippen LogP contribution in [0.5, 0.6) is 0 Å². The molecule has 0 fully saturated rings. The first-order valence-corrected chi connectivity index (χ1v) is 5.29. The molecule has 0 bridgehead atoms. The van der Waals surface area contributed by atoms with E-state index in [-0.39, 0.29) is 5.82 Å². The molecule has 0 aliphatic heterocycles. The third-order valence-corrected chi connectivity index (χ3v) is 2.99. The van der Waals surface area contributed by atoms with Crippen molar-refractivity contribution < 1.29 is 14.3 Å². The van der Waals surface area contributed by atoms with Gasteiger partial charge >= 0.3 is 5.97 Å². The fraction of sp³-hybridized carbons (Fsp3) is 0.364. The maximum absolute atomic E-state index is 13.0. The highest BCUT2D eigenvalue weighted by atomic mass is 79.9. The molecule has 2 nitrogen and oxygen atoms in total. The zero-order valence-electron chi connectivity index (χ0n) is 8.55. The summed E-state index contributed by atoms with van der Waals surface area (Å²) in [6.45, 7) is 3.24. The quantitative estimate of drug-likeness (QED) is 0.919. The predicted octanol–water partition coefficient (Wildman–Crippen LogP) is 3.24. The molecule has 0 amide bonds. The van der Waals surface area contributed by atoms with Gasteiger partial charge in [0.1, 0.15) is 5.82 Å². The van der Waals surface area contributed by atoms with Gasteiger partial charge in [0.15, 0.2) is 0 Å². The summed E-state index contributed by atoms with van der Waals surface area (Å²) < 4.78 is 13.7. The number of hydrogen-bond donors (Lipinski definition) is 1. The number of carboxylic acid groups (broad SMARTS) is 1. The molecule has 1 N–H and O–H groups in total. The molecule has 1 rings (SSSR count). The number of aliphatic carboxylic acids is 1. The smallest absolute Gasteiger partial charge is 0.309 e. The number of rotatable bonds is 3. The topological polar surface area (TPSA) is 37.3 Å². The molecule has 0 atom stereocenters. The Morgan fingerprint density at radius 1 is 1.53 bits per heavy atom. The molecule has 0 radical (unpaired) electrons. The van der Waals surface area contributed by atoms with E-state index in [1.54, 1.807) is 19.9 Å². The van der Waals surface area contributed by atoms with Crippen LogP contribution in [0, 0.1) is 11.2 Å². The van der Waals surface area contributed by atoms with Crippen molar-refractivity contribution in [2.24, 2.45) is 5.41 Å². The van der Waals surface area contributed by atoms with E-state index in [9.17, 15) is 9.18 Å². The predicted molar refractivity (Wildman–Crippen MR) is 59.2 cm³/mol. The monoisotopic (exact) mass is 274 g/mol. The van der Waals surface area contributed by atoms with Gasteiger partial charge < -0.3 is 5.11 Å². The standard InChI is InChI=1S/C11H12BrFO2/c1-11(2,10(14)15)6-7-5-8(13)3-4-9(7)12/h3-5H,6H2,1-2H3,(H,14,15). The van der Waals surface area contributed by atoms with E-state index in [1.807, 2.05) is 0 Å². The van der Waals surface area contributed by atoms with E-state index in [1.165, 1.54) is 12.1 Å². The van der Waals surface area contributed by atoms with Gasteiger partial charge in [-0.05, 0) is 44.0 Å². The third-order valence-electron chi connectivity index (χ3n) is 2.22. The van der Waals surface area contributed by atoms with Crippen LogP contribution in [0.2, 0.25) is 0 Å². The molecule has 0 aliphatic carbocycles. The van der Waals surface area contributed by atoms with Crippen LogP contribution in [-0.4, -0.2) is 11.1 Å². The molecule has 15 heavy (non-hydrogen) atoms. The van der Waals surface area contributed by atoms with Crippen molar-refractivity contribution in [1.82, 2.24) is 0 Å². The summed E-state index contributed by atoms with van der Waals surface area (Å²) in [6, 6.07) is 4.28. The first kappa shape index (κ1) is 12.2. The van der Waals surface area contributed by atoms with Crippen molar-refractivity contribution >= 4 is 21.9 Å². The third kappa shape index (κ3) is 3.02. The minimum Gasteiger partial charge on any atom is -0.481 e. The fourth-order valence-corrected chi connectivity index (χ4v) is 1.62. The van der Waals surface area contributed by atoms with Crippen molar-refractivity contribution in [3.63, 3.8) is 0 Å². The van der Waals surface area contributed by atoms with Gasteiger partial charge in [0, 0.05) is 4.47 Å². The summed E-state index contributed by atoms with van der Waals surface area (Å²) in [7, 11) is 0. The second-order valence-corrected chi connectivity index (χ2v) is 4.96.